The smallest absolute Gasteiger partial charge is 0.249 e. The molecule has 1 aromatic heterocycles. The van der Waals surface area contributed by atoms with Crippen LogP contribution >= 0.6 is 34.2 Å². The molecule has 0 spiro atoms. The Morgan fingerprint density at radius 2 is 2.29 bits per heavy atom. The van der Waals surface area contributed by atoms with Gasteiger partial charge in [-0.1, -0.05) is 0 Å². The quantitative estimate of drug-likeness (QED) is 0.475. The second-order valence-electron chi connectivity index (χ2n) is 2.40. The van der Waals surface area contributed by atoms with Gasteiger partial charge in [-0.05, 0) is 22.6 Å². The normalized spacial score (nSPS) is 10.3. The van der Waals surface area contributed by atoms with E-state index in [-0.39, 0.29) is 22.6 Å². The Bertz CT molecular complexity index is 390. The number of aromatic nitrogens is 1. The van der Waals surface area contributed by atoms with Crippen molar-refractivity contribution in [2.45, 2.75) is 12.3 Å². The van der Waals surface area contributed by atoms with Crippen LogP contribution in [0, 0.1) is 15.0 Å². The first-order valence-electron chi connectivity index (χ1n) is 3.53. The first-order valence-corrected chi connectivity index (χ1v) is 5.14. The number of hydrogen-bond acceptors (Lipinski definition) is 2. The van der Waals surface area contributed by atoms with Gasteiger partial charge in [0.15, 0.2) is 0 Å². The Morgan fingerprint density at radius 1 is 1.64 bits per heavy atom. The Hall–Kier alpha value is -0.480. The van der Waals surface area contributed by atoms with E-state index in [9.17, 15) is 8.78 Å². The Morgan fingerprint density at radius 3 is 2.71 bits per heavy atom. The number of nitriles is 1. The summed E-state index contributed by atoms with van der Waals surface area (Å²) in [6.07, 6.45) is -1.56. The van der Waals surface area contributed by atoms with Crippen LogP contribution < -0.4 is 0 Å². The summed E-state index contributed by atoms with van der Waals surface area (Å²) in [6.45, 7) is 0. The molecular weight excluding hydrogens is 324 g/mol. The first-order chi connectivity index (χ1) is 6.61. The van der Waals surface area contributed by atoms with Crippen molar-refractivity contribution in [3.63, 3.8) is 0 Å². The summed E-state index contributed by atoms with van der Waals surface area (Å²) in [5.74, 6) is -0.0690. The maximum atomic E-state index is 12.6. The predicted molar refractivity (Wildman–Crippen MR) is 56.2 cm³/mol. The summed E-state index contributed by atoms with van der Waals surface area (Å²) in [7, 11) is 0. The summed E-state index contributed by atoms with van der Waals surface area (Å²) >= 11 is 7.34. The van der Waals surface area contributed by atoms with E-state index in [1.807, 2.05) is 22.6 Å². The molecule has 0 radical (unpaired) electrons. The van der Waals surface area contributed by atoms with Gasteiger partial charge in [0.2, 0.25) is 0 Å². The Balaban J connectivity index is 3.46. The highest BCUT2D eigenvalue weighted by molar-refractivity contribution is 14.1. The average Bonchev–Trinajstić information content (AvgIpc) is 2.17. The number of halogens is 4. The summed E-state index contributed by atoms with van der Waals surface area (Å²) in [5, 5.41) is 8.61. The monoisotopic (exact) mass is 328 g/mol. The van der Waals surface area contributed by atoms with E-state index in [2.05, 4.69) is 4.98 Å². The van der Waals surface area contributed by atoms with E-state index in [4.69, 9.17) is 16.9 Å². The molecule has 0 fully saturated rings. The third-order valence-corrected chi connectivity index (χ3v) is 2.84. The molecule has 0 unspecified atom stereocenters. The van der Waals surface area contributed by atoms with Crippen molar-refractivity contribution in [3.05, 3.63) is 26.6 Å². The molecule has 0 saturated heterocycles. The Kier molecular flexibility index (Phi) is 4.01. The van der Waals surface area contributed by atoms with Crippen LogP contribution in [0.3, 0.4) is 0 Å². The van der Waals surface area contributed by atoms with E-state index >= 15 is 0 Å². The van der Waals surface area contributed by atoms with Gasteiger partial charge in [-0.2, -0.15) is 5.26 Å². The largest absolute Gasteiger partial charge is 0.265 e. The number of rotatable bonds is 2. The van der Waals surface area contributed by atoms with Crippen molar-refractivity contribution in [3.8, 4) is 6.07 Å². The maximum Gasteiger partial charge on any atom is 0.265 e. The van der Waals surface area contributed by atoms with E-state index in [0.29, 0.717) is 3.70 Å². The molecule has 1 rings (SSSR count). The van der Waals surface area contributed by atoms with Crippen LogP contribution in [-0.4, -0.2) is 4.98 Å². The molecule has 0 N–H and O–H groups in total. The van der Waals surface area contributed by atoms with Crippen LogP contribution in [0.15, 0.2) is 6.20 Å². The van der Waals surface area contributed by atoms with Gasteiger partial charge in [-0.15, -0.1) is 11.6 Å². The highest BCUT2D eigenvalue weighted by Gasteiger charge is 2.20. The molecule has 0 saturated carbocycles. The molecule has 0 aliphatic heterocycles. The van der Waals surface area contributed by atoms with Crippen molar-refractivity contribution in [1.82, 2.24) is 4.98 Å². The zero-order valence-electron chi connectivity index (χ0n) is 6.77. The summed E-state index contributed by atoms with van der Waals surface area (Å²) in [4.78, 5) is 3.81. The summed E-state index contributed by atoms with van der Waals surface area (Å²) < 4.78 is 25.6. The second-order valence-corrected chi connectivity index (χ2v) is 3.69. The standard InChI is InChI=1S/C8H4ClF2IN2/c9-1-5-6(7(10)11)4(2-13)3-14-8(5)12/h3,7H,1H2. The van der Waals surface area contributed by atoms with E-state index < -0.39 is 6.43 Å². The van der Waals surface area contributed by atoms with Gasteiger partial charge in [0, 0.05) is 17.3 Å². The zero-order valence-corrected chi connectivity index (χ0v) is 9.68. The molecule has 0 bridgehead atoms. The molecule has 1 aromatic rings. The summed E-state index contributed by atoms with van der Waals surface area (Å²) in [5.41, 5.74) is -0.181. The lowest BCUT2D eigenvalue weighted by Crippen LogP contribution is -2.02. The predicted octanol–water partition coefficient (Wildman–Crippen LogP) is 3.23. The molecule has 0 aliphatic carbocycles. The molecule has 0 amide bonds. The molecule has 0 atom stereocenters. The van der Waals surface area contributed by atoms with Gasteiger partial charge in [0.05, 0.1) is 11.4 Å². The van der Waals surface area contributed by atoms with Gasteiger partial charge < -0.3 is 0 Å². The minimum Gasteiger partial charge on any atom is -0.249 e. The van der Waals surface area contributed by atoms with Crippen molar-refractivity contribution < 1.29 is 8.78 Å². The molecular formula is C8H4ClF2IN2. The first kappa shape index (κ1) is 11.6. The molecule has 0 aliphatic rings. The van der Waals surface area contributed by atoms with Gasteiger partial charge >= 0.3 is 0 Å². The molecule has 14 heavy (non-hydrogen) atoms. The van der Waals surface area contributed by atoms with Crippen LogP contribution in [0.1, 0.15) is 23.1 Å². The number of hydrogen-bond donors (Lipinski definition) is 0. The lowest BCUT2D eigenvalue weighted by molar-refractivity contribution is 0.150. The minimum absolute atomic E-state index is 0.0690. The molecule has 0 aromatic carbocycles. The van der Waals surface area contributed by atoms with Gasteiger partial charge in [-0.25, -0.2) is 13.8 Å². The van der Waals surface area contributed by atoms with E-state index in [1.54, 1.807) is 6.07 Å². The van der Waals surface area contributed by atoms with Gasteiger partial charge in [0.1, 0.15) is 9.77 Å². The van der Waals surface area contributed by atoms with Gasteiger partial charge in [-0.3, -0.25) is 0 Å². The minimum atomic E-state index is -2.70. The molecule has 2 nitrogen and oxygen atoms in total. The van der Waals surface area contributed by atoms with Crippen LogP contribution in [0.2, 0.25) is 0 Å². The fraction of sp³-hybridized carbons (Fsp3) is 0.250. The molecule has 74 valence electrons. The fourth-order valence-corrected chi connectivity index (χ4v) is 2.12. The lowest BCUT2D eigenvalue weighted by atomic mass is 10.1. The van der Waals surface area contributed by atoms with Crippen molar-refractivity contribution in [2.75, 3.05) is 0 Å². The second kappa shape index (κ2) is 4.84. The fourth-order valence-electron chi connectivity index (χ4n) is 1.01. The third-order valence-electron chi connectivity index (χ3n) is 1.64. The SMILES string of the molecule is N#Cc1cnc(I)c(CCl)c1C(F)F. The topological polar surface area (TPSA) is 36.7 Å². The van der Waals surface area contributed by atoms with Crippen LogP contribution in [0.5, 0.6) is 0 Å². The maximum absolute atomic E-state index is 12.6. The van der Waals surface area contributed by atoms with Crippen molar-refractivity contribution in [2.24, 2.45) is 0 Å². The Labute approximate surface area is 98.0 Å². The van der Waals surface area contributed by atoms with Crippen LogP contribution in [0.4, 0.5) is 8.78 Å². The zero-order chi connectivity index (χ0) is 10.7. The van der Waals surface area contributed by atoms with Crippen LogP contribution in [-0.2, 0) is 5.88 Å². The number of nitrogens with zero attached hydrogens (tertiary/aromatic N) is 2. The molecule has 1 heterocycles. The van der Waals surface area contributed by atoms with E-state index in [1.165, 1.54) is 0 Å². The highest BCUT2D eigenvalue weighted by Crippen LogP contribution is 2.29. The number of pyridine rings is 1. The van der Waals surface area contributed by atoms with Crippen LogP contribution in [0.25, 0.3) is 0 Å². The van der Waals surface area contributed by atoms with Gasteiger partial charge in [0.25, 0.3) is 6.43 Å². The average molecular weight is 328 g/mol. The number of alkyl halides is 3. The highest BCUT2D eigenvalue weighted by atomic mass is 127. The lowest BCUT2D eigenvalue weighted by Gasteiger charge is -2.08. The third kappa shape index (κ3) is 2.12. The van der Waals surface area contributed by atoms with Crippen molar-refractivity contribution in [1.29, 1.82) is 5.26 Å². The van der Waals surface area contributed by atoms with Crippen molar-refractivity contribution >= 4 is 34.2 Å². The van der Waals surface area contributed by atoms with E-state index in [0.717, 1.165) is 6.20 Å². The summed E-state index contributed by atoms with van der Waals surface area (Å²) in [6, 6.07) is 1.67. The molecule has 6 heteroatoms.